The number of unbranched alkanes of at least 4 members (excludes halogenated alkanes) is 1. The average molecular weight is 236 g/mol. The number of ether oxygens (including phenoxy) is 2. The Morgan fingerprint density at radius 3 is 2.25 bits per heavy atom. The molecular formula is C7H13Cl3O2. The number of halogens is 3. The van der Waals surface area contributed by atoms with Crippen LogP contribution in [0.4, 0.5) is 0 Å². The van der Waals surface area contributed by atoms with Gasteiger partial charge < -0.3 is 9.47 Å². The van der Waals surface area contributed by atoms with Gasteiger partial charge in [0.05, 0.1) is 0 Å². The highest BCUT2D eigenvalue weighted by atomic mass is 35.6. The van der Waals surface area contributed by atoms with Gasteiger partial charge in [0.1, 0.15) is 0 Å². The van der Waals surface area contributed by atoms with Crippen molar-refractivity contribution in [3.05, 3.63) is 0 Å². The van der Waals surface area contributed by atoms with E-state index in [-0.39, 0.29) is 0 Å². The zero-order valence-corrected chi connectivity index (χ0v) is 9.42. The molecule has 0 aromatic carbocycles. The maximum atomic E-state index is 5.56. The Morgan fingerprint density at radius 1 is 1.33 bits per heavy atom. The van der Waals surface area contributed by atoms with Crippen LogP contribution in [0.25, 0.3) is 0 Å². The molecule has 0 rings (SSSR count). The molecule has 0 aliphatic heterocycles. The Hall–Kier alpha value is 0.790. The zero-order chi connectivity index (χ0) is 9.61. The standard InChI is InChI=1S/C7H13Cl3O2/c1-3-4-5-12-6(11-2)7(8,9)10/h6H,3-5H2,1-2H3. The molecule has 0 spiro atoms. The number of hydrogen-bond acceptors (Lipinski definition) is 2. The predicted molar refractivity (Wildman–Crippen MR) is 51.9 cm³/mol. The molecule has 0 saturated carbocycles. The Labute approximate surface area is 88.1 Å². The summed E-state index contributed by atoms with van der Waals surface area (Å²) in [6.07, 6.45) is 1.19. The van der Waals surface area contributed by atoms with Crippen molar-refractivity contribution >= 4 is 34.8 Å². The summed E-state index contributed by atoms with van der Waals surface area (Å²) in [4.78, 5) is 0. The quantitative estimate of drug-likeness (QED) is 0.414. The lowest BCUT2D eigenvalue weighted by Crippen LogP contribution is -2.30. The number of hydrogen-bond donors (Lipinski definition) is 0. The molecular weight excluding hydrogens is 222 g/mol. The van der Waals surface area contributed by atoms with Crippen LogP contribution in [0.1, 0.15) is 19.8 Å². The van der Waals surface area contributed by atoms with Crippen molar-refractivity contribution in [1.29, 1.82) is 0 Å². The van der Waals surface area contributed by atoms with Crippen molar-refractivity contribution in [1.82, 2.24) is 0 Å². The fourth-order valence-electron chi connectivity index (χ4n) is 0.631. The van der Waals surface area contributed by atoms with Gasteiger partial charge >= 0.3 is 0 Å². The van der Waals surface area contributed by atoms with E-state index in [4.69, 9.17) is 44.3 Å². The third-order valence-corrected chi connectivity index (χ3v) is 1.78. The van der Waals surface area contributed by atoms with Gasteiger partial charge in [0.2, 0.25) is 10.1 Å². The fraction of sp³-hybridized carbons (Fsp3) is 1.00. The Kier molecular flexibility index (Phi) is 6.69. The Morgan fingerprint density at radius 2 is 1.92 bits per heavy atom. The Bertz CT molecular complexity index is 114. The molecule has 0 amide bonds. The third kappa shape index (κ3) is 5.44. The van der Waals surface area contributed by atoms with Gasteiger partial charge in [0.25, 0.3) is 0 Å². The molecule has 12 heavy (non-hydrogen) atoms. The molecule has 5 heteroatoms. The second-order valence-corrected chi connectivity index (χ2v) is 4.70. The van der Waals surface area contributed by atoms with Crippen LogP contribution in [-0.2, 0) is 9.47 Å². The zero-order valence-electron chi connectivity index (χ0n) is 7.15. The lowest BCUT2D eigenvalue weighted by Gasteiger charge is -2.22. The molecule has 1 atom stereocenters. The van der Waals surface area contributed by atoms with Crippen LogP contribution < -0.4 is 0 Å². The highest BCUT2D eigenvalue weighted by Gasteiger charge is 2.33. The SMILES string of the molecule is CCCCOC(OC)C(Cl)(Cl)Cl. The monoisotopic (exact) mass is 234 g/mol. The van der Waals surface area contributed by atoms with Crippen LogP contribution >= 0.6 is 34.8 Å². The number of methoxy groups -OCH3 is 1. The van der Waals surface area contributed by atoms with E-state index < -0.39 is 10.1 Å². The van der Waals surface area contributed by atoms with E-state index in [1.54, 1.807) is 0 Å². The third-order valence-electron chi connectivity index (χ3n) is 1.25. The summed E-state index contributed by atoms with van der Waals surface area (Å²) >= 11 is 16.7. The van der Waals surface area contributed by atoms with E-state index in [0.29, 0.717) is 6.61 Å². The molecule has 0 heterocycles. The van der Waals surface area contributed by atoms with Crippen LogP contribution in [0.2, 0.25) is 0 Å². The molecule has 0 N–H and O–H groups in total. The van der Waals surface area contributed by atoms with E-state index in [0.717, 1.165) is 12.8 Å². The molecule has 0 aliphatic rings. The van der Waals surface area contributed by atoms with E-state index >= 15 is 0 Å². The first-order valence-electron chi connectivity index (χ1n) is 3.73. The minimum atomic E-state index is -1.51. The van der Waals surface area contributed by atoms with E-state index in [9.17, 15) is 0 Å². The number of rotatable bonds is 5. The first-order chi connectivity index (χ1) is 5.52. The molecule has 0 fully saturated rings. The fourth-order valence-corrected chi connectivity index (χ4v) is 1.09. The van der Waals surface area contributed by atoms with Gasteiger partial charge in [-0.05, 0) is 6.42 Å². The Balaban J connectivity index is 3.68. The van der Waals surface area contributed by atoms with Crippen molar-refractivity contribution < 1.29 is 9.47 Å². The maximum absolute atomic E-state index is 5.56. The molecule has 74 valence electrons. The first kappa shape index (κ1) is 12.8. The summed E-state index contributed by atoms with van der Waals surface area (Å²) in [7, 11) is 1.44. The molecule has 0 saturated heterocycles. The molecule has 0 aromatic rings. The topological polar surface area (TPSA) is 18.5 Å². The van der Waals surface area contributed by atoms with Gasteiger partial charge in [-0.3, -0.25) is 0 Å². The van der Waals surface area contributed by atoms with Gasteiger partial charge in [-0.15, -0.1) is 0 Å². The first-order valence-corrected chi connectivity index (χ1v) is 4.86. The predicted octanol–water partition coefficient (Wildman–Crippen LogP) is 3.15. The molecule has 0 radical (unpaired) electrons. The second kappa shape index (κ2) is 6.28. The van der Waals surface area contributed by atoms with Crippen LogP contribution in [0.15, 0.2) is 0 Å². The largest absolute Gasteiger partial charge is 0.352 e. The summed E-state index contributed by atoms with van der Waals surface area (Å²) < 4.78 is 8.51. The molecule has 0 aromatic heterocycles. The van der Waals surface area contributed by atoms with Crippen molar-refractivity contribution in [2.75, 3.05) is 13.7 Å². The van der Waals surface area contributed by atoms with E-state index in [1.165, 1.54) is 7.11 Å². The lowest BCUT2D eigenvalue weighted by atomic mass is 10.4. The van der Waals surface area contributed by atoms with E-state index in [1.807, 2.05) is 0 Å². The van der Waals surface area contributed by atoms with Crippen LogP contribution in [0.3, 0.4) is 0 Å². The highest BCUT2D eigenvalue weighted by molar-refractivity contribution is 6.67. The molecule has 1 unspecified atom stereocenters. The van der Waals surface area contributed by atoms with Gasteiger partial charge in [0, 0.05) is 13.7 Å². The van der Waals surface area contributed by atoms with Crippen molar-refractivity contribution in [3.8, 4) is 0 Å². The summed E-state index contributed by atoms with van der Waals surface area (Å²) in [6, 6.07) is 0. The van der Waals surface area contributed by atoms with Crippen molar-refractivity contribution in [2.24, 2.45) is 0 Å². The summed E-state index contributed by atoms with van der Waals surface area (Å²) in [5.74, 6) is 0. The summed E-state index contributed by atoms with van der Waals surface area (Å²) in [5.41, 5.74) is 0. The van der Waals surface area contributed by atoms with Crippen molar-refractivity contribution in [2.45, 2.75) is 29.8 Å². The lowest BCUT2D eigenvalue weighted by molar-refractivity contribution is -0.120. The van der Waals surface area contributed by atoms with Crippen molar-refractivity contribution in [3.63, 3.8) is 0 Å². The minimum Gasteiger partial charge on any atom is -0.352 e. The molecule has 2 nitrogen and oxygen atoms in total. The normalized spacial score (nSPS) is 14.8. The van der Waals surface area contributed by atoms with Gasteiger partial charge in [-0.1, -0.05) is 48.1 Å². The highest BCUT2D eigenvalue weighted by Crippen LogP contribution is 2.32. The van der Waals surface area contributed by atoms with Crippen LogP contribution in [0.5, 0.6) is 0 Å². The maximum Gasteiger partial charge on any atom is 0.240 e. The second-order valence-electron chi connectivity index (χ2n) is 2.33. The molecule has 0 bridgehead atoms. The summed E-state index contributed by atoms with van der Waals surface area (Å²) in [5, 5.41) is 0. The van der Waals surface area contributed by atoms with Crippen LogP contribution in [-0.4, -0.2) is 23.8 Å². The van der Waals surface area contributed by atoms with E-state index in [2.05, 4.69) is 6.92 Å². The van der Waals surface area contributed by atoms with Gasteiger partial charge in [-0.25, -0.2) is 0 Å². The smallest absolute Gasteiger partial charge is 0.240 e. The summed E-state index contributed by atoms with van der Waals surface area (Å²) in [6.45, 7) is 2.60. The van der Waals surface area contributed by atoms with Crippen LogP contribution in [0, 0.1) is 0 Å². The number of alkyl halides is 3. The van der Waals surface area contributed by atoms with Gasteiger partial charge in [-0.2, -0.15) is 0 Å². The minimum absolute atomic E-state index is 0.545. The average Bonchev–Trinajstić information content (AvgIpc) is 1.95. The molecule has 0 aliphatic carbocycles. The van der Waals surface area contributed by atoms with Gasteiger partial charge in [0.15, 0.2) is 0 Å².